The van der Waals surface area contributed by atoms with E-state index in [0.717, 1.165) is 12.1 Å². The number of methoxy groups -OCH3 is 1. The van der Waals surface area contributed by atoms with Crippen LogP contribution in [0.25, 0.3) is 0 Å². The normalized spacial score (nSPS) is 12.1. The lowest BCUT2D eigenvalue weighted by Gasteiger charge is -2.16. The van der Waals surface area contributed by atoms with Gasteiger partial charge in [0.25, 0.3) is 0 Å². The Bertz CT molecular complexity index is 616. The third-order valence-electron chi connectivity index (χ3n) is 2.98. The molecule has 106 valence electrons. The lowest BCUT2D eigenvalue weighted by Crippen LogP contribution is -2.07. The van der Waals surface area contributed by atoms with Crippen LogP contribution in [0.15, 0.2) is 36.4 Å². The topological polar surface area (TPSA) is 21.3 Å². The van der Waals surface area contributed by atoms with E-state index in [1.54, 1.807) is 13.0 Å². The lowest BCUT2D eigenvalue weighted by molar-refractivity contribution is 0.387. The maximum absolute atomic E-state index is 13.3. The number of hydrogen-bond donors (Lipinski definition) is 1. The molecule has 0 bridgehead atoms. The number of benzene rings is 2. The number of ether oxygens (including phenoxy) is 1. The molecule has 2 aromatic rings. The number of nitrogens with one attached hydrogen (secondary N) is 1. The van der Waals surface area contributed by atoms with Crippen LogP contribution in [-0.2, 0) is 0 Å². The highest BCUT2D eigenvalue weighted by Gasteiger charge is 2.10. The van der Waals surface area contributed by atoms with Crippen LogP contribution in [-0.4, -0.2) is 7.11 Å². The third kappa shape index (κ3) is 3.04. The molecule has 0 fully saturated rings. The second-order valence-corrected chi connectivity index (χ2v) is 4.39. The van der Waals surface area contributed by atoms with Gasteiger partial charge in [0.15, 0.2) is 23.2 Å². The van der Waals surface area contributed by atoms with Crippen molar-refractivity contribution in [1.82, 2.24) is 0 Å². The average molecular weight is 281 g/mol. The van der Waals surface area contributed by atoms with Gasteiger partial charge < -0.3 is 10.1 Å². The van der Waals surface area contributed by atoms with Gasteiger partial charge in [-0.3, -0.25) is 0 Å². The zero-order valence-electron chi connectivity index (χ0n) is 11.1. The van der Waals surface area contributed by atoms with Gasteiger partial charge in [-0.1, -0.05) is 6.07 Å². The van der Waals surface area contributed by atoms with E-state index in [4.69, 9.17) is 4.74 Å². The molecule has 0 aliphatic heterocycles. The standard InChI is InChI=1S/C15H14F3NO/c1-9(10-3-5-12(16)14(18)7-10)19-11-4-6-13(17)15(8-11)20-2/h3-9,19H,1-2H3. The number of hydrogen-bond acceptors (Lipinski definition) is 2. The molecule has 0 aliphatic carbocycles. The summed E-state index contributed by atoms with van der Waals surface area (Å²) < 4.78 is 44.2. The number of halogens is 3. The van der Waals surface area contributed by atoms with Crippen LogP contribution in [0, 0.1) is 17.5 Å². The molecule has 0 aromatic heterocycles. The lowest BCUT2D eigenvalue weighted by atomic mass is 10.1. The summed E-state index contributed by atoms with van der Waals surface area (Å²) in [4.78, 5) is 0. The molecule has 0 aliphatic rings. The van der Waals surface area contributed by atoms with Crippen molar-refractivity contribution in [2.45, 2.75) is 13.0 Å². The van der Waals surface area contributed by atoms with Crippen molar-refractivity contribution >= 4 is 5.69 Å². The van der Waals surface area contributed by atoms with Gasteiger partial charge in [-0.15, -0.1) is 0 Å². The quantitative estimate of drug-likeness (QED) is 0.902. The molecule has 5 heteroatoms. The SMILES string of the molecule is COc1cc(NC(C)c2ccc(F)c(F)c2)ccc1F. The van der Waals surface area contributed by atoms with Gasteiger partial charge in [0, 0.05) is 17.8 Å². The fourth-order valence-electron chi connectivity index (χ4n) is 1.86. The van der Waals surface area contributed by atoms with Crippen molar-refractivity contribution in [3.8, 4) is 5.75 Å². The van der Waals surface area contributed by atoms with Crippen molar-refractivity contribution in [3.63, 3.8) is 0 Å². The predicted octanol–water partition coefficient (Wildman–Crippen LogP) is 4.29. The van der Waals surface area contributed by atoms with Crippen LogP contribution in [0.4, 0.5) is 18.9 Å². The Labute approximate surface area is 115 Å². The van der Waals surface area contributed by atoms with E-state index in [0.29, 0.717) is 11.3 Å². The number of rotatable bonds is 4. The van der Waals surface area contributed by atoms with E-state index >= 15 is 0 Å². The van der Waals surface area contributed by atoms with Gasteiger partial charge in [0.1, 0.15) is 0 Å². The van der Waals surface area contributed by atoms with Crippen LogP contribution in [0.1, 0.15) is 18.5 Å². The summed E-state index contributed by atoms with van der Waals surface area (Å²) >= 11 is 0. The van der Waals surface area contributed by atoms with E-state index in [9.17, 15) is 13.2 Å². The first kappa shape index (κ1) is 14.2. The summed E-state index contributed by atoms with van der Waals surface area (Å²) in [6.07, 6.45) is 0. The Kier molecular flexibility index (Phi) is 4.17. The van der Waals surface area contributed by atoms with Gasteiger partial charge in [-0.25, -0.2) is 13.2 Å². The molecule has 1 unspecified atom stereocenters. The molecule has 2 rings (SSSR count). The highest BCUT2D eigenvalue weighted by Crippen LogP contribution is 2.25. The van der Waals surface area contributed by atoms with E-state index in [-0.39, 0.29) is 11.8 Å². The summed E-state index contributed by atoms with van der Waals surface area (Å²) in [5, 5.41) is 3.07. The molecule has 2 nitrogen and oxygen atoms in total. The van der Waals surface area contributed by atoms with Crippen molar-refractivity contribution < 1.29 is 17.9 Å². The van der Waals surface area contributed by atoms with E-state index in [1.807, 2.05) is 0 Å². The van der Waals surface area contributed by atoms with Crippen molar-refractivity contribution in [1.29, 1.82) is 0 Å². The first-order valence-electron chi connectivity index (χ1n) is 6.06. The van der Waals surface area contributed by atoms with Gasteiger partial charge in [0.2, 0.25) is 0 Å². The van der Waals surface area contributed by atoms with Gasteiger partial charge in [-0.2, -0.15) is 0 Å². The molecule has 0 heterocycles. The van der Waals surface area contributed by atoms with E-state index in [2.05, 4.69) is 5.32 Å². The van der Waals surface area contributed by atoms with Crippen LogP contribution in [0.5, 0.6) is 5.75 Å². The Morgan fingerprint density at radius 1 is 0.950 bits per heavy atom. The van der Waals surface area contributed by atoms with Crippen LogP contribution < -0.4 is 10.1 Å². The van der Waals surface area contributed by atoms with Crippen LogP contribution in [0.3, 0.4) is 0 Å². The molecular formula is C15H14F3NO. The first-order valence-corrected chi connectivity index (χ1v) is 6.06. The minimum absolute atomic E-state index is 0.118. The molecular weight excluding hydrogens is 267 g/mol. The molecule has 20 heavy (non-hydrogen) atoms. The number of anilines is 1. The third-order valence-corrected chi connectivity index (χ3v) is 2.98. The van der Waals surface area contributed by atoms with Crippen molar-refractivity contribution in [2.24, 2.45) is 0 Å². The summed E-state index contributed by atoms with van der Waals surface area (Å²) in [6.45, 7) is 1.79. The molecule has 0 saturated heterocycles. The molecule has 0 saturated carbocycles. The smallest absolute Gasteiger partial charge is 0.165 e. The summed E-state index contributed by atoms with van der Waals surface area (Å²) in [6, 6.07) is 7.78. The minimum Gasteiger partial charge on any atom is -0.494 e. The van der Waals surface area contributed by atoms with Gasteiger partial charge in [-0.05, 0) is 36.8 Å². The Balaban J connectivity index is 2.18. The fraction of sp³-hybridized carbons (Fsp3) is 0.200. The fourth-order valence-corrected chi connectivity index (χ4v) is 1.86. The maximum atomic E-state index is 13.3. The highest BCUT2D eigenvalue weighted by atomic mass is 19.2. The molecule has 0 spiro atoms. The van der Waals surface area contributed by atoms with Gasteiger partial charge in [0.05, 0.1) is 7.11 Å². The molecule has 0 radical (unpaired) electrons. The Morgan fingerprint density at radius 3 is 2.30 bits per heavy atom. The van der Waals surface area contributed by atoms with E-state index < -0.39 is 17.5 Å². The molecule has 2 aromatic carbocycles. The monoisotopic (exact) mass is 281 g/mol. The summed E-state index contributed by atoms with van der Waals surface area (Å²) in [7, 11) is 1.38. The Morgan fingerprint density at radius 2 is 1.65 bits per heavy atom. The second kappa shape index (κ2) is 5.86. The van der Waals surface area contributed by atoms with Gasteiger partial charge >= 0.3 is 0 Å². The minimum atomic E-state index is -0.896. The van der Waals surface area contributed by atoms with Crippen LogP contribution >= 0.6 is 0 Å². The Hall–Kier alpha value is -2.17. The molecule has 0 amide bonds. The summed E-state index contributed by atoms with van der Waals surface area (Å²) in [5.41, 5.74) is 1.22. The van der Waals surface area contributed by atoms with Crippen LogP contribution in [0.2, 0.25) is 0 Å². The predicted molar refractivity (Wildman–Crippen MR) is 71.3 cm³/mol. The van der Waals surface area contributed by atoms with Crippen molar-refractivity contribution in [2.75, 3.05) is 12.4 Å². The van der Waals surface area contributed by atoms with Crippen molar-refractivity contribution in [3.05, 3.63) is 59.4 Å². The highest BCUT2D eigenvalue weighted by molar-refractivity contribution is 5.50. The summed E-state index contributed by atoms with van der Waals surface area (Å²) in [5.74, 6) is -2.12. The zero-order chi connectivity index (χ0) is 14.7. The van der Waals surface area contributed by atoms with E-state index in [1.165, 1.54) is 25.3 Å². The largest absolute Gasteiger partial charge is 0.494 e. The molecule has 1 atom stereocenters. The average Bonchev–Trinajstić information content (AvgIpc) is 2.43. The maximum Gasteiger partial charge on any atom is 0.165 e. The second-order valence-electron chi connectivity index (χ2n) is 4.39. The first-order chi connectivity index (χ1) is 9.51. The molecule has 1 N–H and O–H groups in total. The zero-order valence-corrected chi connectivity index (χ0v) is 11.1.